The predicted octanol–water partition coefficient (Wildman–Crippen LogP) is 2.03. The minimum absolute atomic E-state index is 0.0460. The predicted molar refractivity (Wildman–Crippen MR) is 144 cm³/mol. The monoisotopic (exact) mass is 606 g/mol. The van der Waals surface area contributed by atoms with Gasteiger partial charge in [-0.3, -0.25) is 24.0 Å². The van der Waals surface area contributed by atoms with Crippen LogP contribution >= 0.6 is 0 Å². The molecular formula is C30H38O13. The summed E-state index contributed by atoms with van der Waals surface area (Å²) in [6.45, 7) is 12.3. The van der Waals surface area contributed by atoms with E-state index in [9.17, 15) is 28.8 Å². The Balaban J connectivity index is 2.13. The van der Waals surface area contributed by atoms with Crippen molar-refractivity contribution in [2.75, 3.05) is 0 Å². The fourth-order valence-corrected chi connectivity index (χ4v) is 7.29. The molecule has 0 saturated carbocycles. The van der Waals surface area contributed by atoms with Gasteiger partial charge in [0.05, 0.1) is 5.92 Å². The maximum Gasteiger partial charge on any atom is 0.342 e. The summed E-state index contributed by atoms with van der Waals surface area (Å²) < 4.78 is 41.2. The molecule has 0 bridgehead atoms. The van der Waals surface area contributed by atoms with Gasteiger partial charge in [0.1, 0.15) is 18.3 Å². The summed E-state index contributed by atoms with van der Waals surface area (Å²) in [6, 6.07) is 0. The summed E-state index contributed by atoms with van der Waals surface area (Å²) in [5.74, 6) is -5.56. The van der Waals surface area contributed by atoms with Gasteiger partial charge in [0.25, 0.3) is 0 Å². The average molecular weight is 607 g/mol. The summed E-state index contributed by atoms with van der Waals surface area (Å²) in [5, 5.41) is 0. The summed E-state index contributed by atoms with van der Waals surface area (Å²) in [4.78, 5) is 76.0. The quantitative estimate of drug-likeness (QED) is 0.193. The minimum atomic E-state index is -1.82. The van der Waals surface area contributed by atoms with Gasteiger partial charge >= 0.3 is 35.8 Å². The third-order valence-electron chi connectivity index (χ3n) is 8.80. The molecule has 4 aliphatic rings. The van der Waals surface area contributed by atoms with Crippen molar-refractivity contribution >= 4 is 35.8 Å². The highest BCUT2D eigenvalue weighted by Gasteiger charge is 2.88. The Morgan fingerprint density at radius 3 is 1.88 bits per heavy atom. The molecular weight excluding hydrogens is 568 g/mol. The molecule has 2 saturated heterocycles. The highest BCUT2D eigenvalue weighted by molar-refractivity contribution is 5.89. The minimum Gasteiger partial charge on any atom is -0.459 e. The van der Waals surface area contributed by atoms with E-state index in [1.54, 1.807) is 26.0 Å². The Hall–Kier alpha value is -3.74. The molecule has 2 fully saturated rings. The number of hydrogen-bond acceptors (Lipinski definition) is 13. The Labute approximate surface area is 249 Å². The summed E-state index contributed by atoms with van der Waals surface area (Å²) >= 11 is 0. The second-order valence-electron chi connectivity index (χ2n) is 12.2. The van der Waals surface area contributed by atoms with Gasteiger partial charge in [0.15, 0.2) is 29.0 Å². The van der Waals surface area contributed by atoms with Crippen LogP contribution < -0.4 is 0 Å². The average Bonchev–Trinajstić information content (AvgIpc) is 3.43. The molecule has 4 rings (SSSR count). The van der Waals surface area contributed by atoms with E-state index in [0.717, 1.165) is 13.8 Å². The zero-order chi connectivity index (χ0) is 32.3. The van der Waals surface area contributed by atoms with Crippen LogP contribution in [0.25, 0.3) is 0 Å². The van der Waals surface area contributed by atoms with E-state index in [2.05, 4.69) is 0 Å². The number of esters is 6. The molecule has 10 atom stereocenters. The maximum absolute atomic E-state index is 13.2. The number of epoxide rings is 1. The molecule has 1 spiro atoms. The van der Waals surface area contributed by atoms with Crippen LogP contribution in [-0.4, -0.2) is 83.1 Å². The number of hydrogen-bond donors (Lipinski definition) is 0. The van der Waals surface area contributed by atoms with Crippen LogP contribution in [0.15, 0.2) is 23.8 Å². The molecule has 2 heterocycles. The SMILES string of the molecule is CC(=O)O[C@@H]1[C@@H]2[C@](C)(C=C[C@@H](OC(C)=O)[C@@]2(C)OC(C)=O)[C@@H](OC(C)=O)[C@H](OC(C)=O)C/C(C)=C\[C@@H]2OC(=O)[C@]3(C)O[C@@]213. The van der Waals surface area contributed by atoms with Gasteiger partial charge in [0, 0.05) is 46.5 Å². The summed E-state index contributed by atoms with van der Waals surface area (Å²) in [5.41, 5.74) is -5.90. The number of fused-ring (bicyclic) bond motifs is 1. The van der Waals surface area contributed by atoms with E-state index >= 15 is 0 Å². The van der Waals surface area contributed by atoms with E-state index in [1.165, 1.54) is 40.7 Å². The zero-order valence-corrected chi connectivity index (χ0v) is 25.7. The van der Waals surface area contributed by atoms with E-state index in [-0.39, 0.29) is 6.42 Å². The number of carbonyl (C=O) groups excluding carboxylic acids is 6. The first-order valence-corrected chi connectivity index (χ1v) is 14.0. The Kier molecular flexibility index (Phi) is 8.05. The molecule has 0 aromatic rings. The van der Waals surface area contributed by atoms with Crippen molar-refractivity contribution in [1.82, 2.24) is 0 Å². The molecule has 13 nitrogen and oxygen atoms in total. The van der Waals surface area contributed by atoms with E-state index in [1.807, 2.05) is 0 Å². The summed E-state index contributed by atoms with van der Waals surface area (Å²) in [6.07, 6.45) is -1.36. The molecule has 2 aliphatic carbocycles. The van der Waals surface area contributed by atoms with Crippen LogP contribution in [0, 0.1) is 11.3 Å². The number of ether oxygens (including phenoxy) is 7. The smallest absolute Gasteiger partial charge is 0.342 e. The van der Waals surface area contributed by atoms with E-state index in [0.29, 0.717) is 5.57 Å². The lowest BCUT2D eigenvalue weighted by Crippen LogP contribution is -2.69. The molecule has 13 heteroatoms. The van der Waals surface area contributed by atoms with Crippen molar-refractivity contribution < 1.29 is 61.9 Å². The molecule has 0 amide bonds. The van der Waals surface area contributed by atoms with Crippen molar-refractivity contribution in [3.8, 4) is 0 Å². The fourth-order valence-electron chi connectivity index (χ4n) is 7.29. The van der Waals surface area contributed by atoms with Gasteiger partial charge in [-0.05, 0) is 32.9 Å². The van der Waals surface area contributed by atoms with Gasteiger partial charge in [0.2, 0.25) is 0 Å². The zero-order valence-electron chi connectivity index (χ0n) is 25.7. The van der Waals surface area contributed by atoms with Crippen LogP contribution in [-0.2, 0) is 61.9 Å². The van der Waals surface area contributed by atoms with Crippen molar-refractivity contribution in [2.45, 2.75) is 116 Å². The third kappa shape index (κ3) is 5.21. The van der Waals surface area contributed by atoms with E-state index in [4.69, 9.17) is 33.2 Å². The number of carbonyl (C=O) groups is 6. The highest BCUT2D eigenvalue weighted by Crippen LogP contribution is 2.66. The van der Waals surface area contributed by atoms with Crippen molar-refractivity contribution in [2.24, 2.45) is 11.3 Å². The van der Waals surface area contributed by atoms with Crippen molar-refractivity contribution in [3.63, 3.8) is 0 Å². The van der Waals surface area contributed by atoms with Crippen LogP contribution in [0.1, 0.15) is 68.7 Å². The van der Waals surface area contributed by atoms with E-state index < -0.39 is 94.5 Å². The molecule has 0 unspecified atom stereocenters. The van der Waals surface area contributed by atoms with Gasteiger partial charge < -0.3 is 33.2 Å². The van der Waals surface area contributed by atoms with Gasteiger partial charge in [-0.15, -0.1) is 0 Å². The Morgan fingerprint density at radius 1 is 0.814 bits per heavy atom. The van der Waals surface area contributed by atoms with Crippen LogP contribution in [0.2, 0.25) is 0 Å². The van der Waals surface area contributed by atoms with Crippen LogP contribution in [0.3, 0.4) is 0 Å². The second kappa shape index (κ2) is 10.8. The largest absolute Gasteiger partial charge is 0.459 e. The lowest BCUT2D eigenvalue weighted by molar-refractivity contribution is -0.236. The third-order valence-corrected chi connectivity index (χ3v) is 8.80. The Bertz CT molecular complexity index is 1320. The normalized spacial score (nSPS) is 42.3. The first-order chi connectivity index (χ1) is 19.8. The molecule has 0 aromatic heterocycles. The first kappa shape index (κ1) is 32.2. The van der Waals surface area contributed by atoms with Crippen molar-refractivity contribution in [3.05, 3.63) is 23.8 Å². The lowest BCUT2D eigenvalue weighted by Gasteiger charge is -2.56. The Morgan fingerprint density at radius 2 is 1.37 bits per heavy atom. The van der Waals surface area contributed by atoms with Gasteiger partial charge in [-0.2, -0.15) is 0 Å². The molecule has 0 aromatic carbocycles. The highest BCUT2D eigenvalue weighted by atomic mass is 16.7. The van der Waals surface area contributed by atoms with Gasteiger partial charge in [-0.1, -0.05) is 18.6 Å². The van der Waals surface area contributed by atoms with Crippen LogP contribution in [0.4, 0.5) is 0 Å². The topological polar surface area (TPSA) is 170 Å². The first-order valence-electron chi connectivity index (χ1n) is 14.0. The standard InChI is InChI=1S/C30H38O13/c1-14-12-20(37-15(2)31)24(39-17(4)33)27(7)11-10-21(38-16(3)32)28(8,42-19(6)35)23(27)25(40-18(5)34)30-22(13-14)41-26(36)29(30,9)43-30/h10-11,13,20-25H,12H2,1-9H3/b14-13-/t20-,21-,22+,23-,24+,25-,27+,28-,29+,30+/m1/s1. The lowest BCUT2D eigenvalue weighted by atomic mass is 9.55. The molecule has 0 N–H and O–H groups in total. The second-order valence-corrected chi connectivity index (χ2v) is 12.2. The molecule has 236 valence electrons. The summed E-state index contributed by atoms with van der Waals surface area (Å²) in [7, 11) is 0. The van der Waals surface area contributed by atoms with Crippen LogP contribution in [0.5, 0.6) is 0 Å². The molecule has 2 aliphatic heterocycles. The van der Waals surface area contributed by atoms with Gasteiger partial charge in [-0.25, -0.2) is 4.79 Å². The maximum atomic E-state index is 13.2. The molecule has 0 radical (unpaired) electrons. The van der Waals surface area contributed by atoms with Crippen molar-refractivity contribution in [1.29, 1.82) is 0 Å². The molecule has 43 heavy (non-hydrogen) atoms. The number of rotatable bonds is 5. The fraction of sp³-hybridized carbons (Fsp3) is 0.667.